The lowest BCUT2D eigenvalue weighted by molar-refractivity contribution is -0.117. The molecular formula is C9H11N3O2. The zero-order chi connectivity index (χ0) is 10.1. The molecule has 1 aliphatic rings. The van der Waals surface area contributed by atoms with Crippen LogP contribution in [0.3, 0.4) is 0 Å². The first-order valence-electron chi connectivity index (χ1n) is 4.36. The molecule has 1 amide bonds. The van der Waals surface area contributed by atoms with Gasteiger partial charge in [-0.1, -0.05) is 0 Å². The van der Waals surface area contributed by atoms with Gasteiger partial charge in [0.1, 0.15) is 0 Å². The molecule has 0 spiro atoms. The molecule has 1 fully saturated rings. The number of amides is 1. The number of pyridine rings is 1. The summed E-state index contributed by atoms with van der Waals surface area (Å²) in [5.74, 6) is -0.101. The van der Waals surface area contributed by atoms with Crippen molar-refractivity contribution in [2.75, 3.05) is 17.2 Å². The van der Waals surface area contributed by atoms with Crippen molar-refractivity contribution in [3.05, 3.63) is 18.5 Å². The number of hydrogen-bond donors (Lipinski definition) is 2. The van der Waals surface area contributed by atoms with Gasteiger partial charge in [-0.25, -0.2) is 0 Å². The van der Waals surface area contributed by atoms with Crippen LogP contribution in [-0.2, 0) is 4.79 Å². The SMILES string of the molecule is Nc1cnccc1N1CC(O)CC1=O. The van der Waals surface area contributed by atoms with Gasteiger partial charge in [-0.05, 0) is 6.07 Å². The van der Waals surface area contributed by atoms with E-state index in [0.29, 0.717) is 17.9 Å². The molecule has 5 heteroatoms. The van der Waals surface area contributed by atoms with E-state index >= 15 is 0 Å². The van der Waals surface area contributed by atoms with E-state index in [1.54, 1.807) is 12.3 Å². The third kappa shape index (κ3) is 1.42. The Balaban J connectivity index is 2.32. The Kier molecular flexibility index (Phi) is 2.09. The minimum absolute atomic E-state index is 0.101. The lowest BCUT2D eigenvalue weighted by Gasteiger charge is -2.17. The molecule has 0 aromatic carbocycles. The molecule has 3 N–H and O–H groups in total. The van der Waals surface area contributed by atoms with Gasteiger partial charge in [0.2, 0.25) is 5.91 Å². The first-order valence-corrected chi connectivity index (χ1v) is 4.36. The number of aliphatic hydroxyl groups excluding tert-OH is 1. The standard InChI is InChI=1S/C9H11N3O2/c10-7-4-11-2-1-8(7)12-5-6(13)3-9(12)14/h1-2,4,6,13H,3,5,10H2. The highest BCUT2D eigenvalue weighted by atomic mass is 16.3. The van der Waals surface area contributed by atoms with Gasteiger partial charge in [-0.2, -0.15) is 0 Å². The number of nitrogen functional groups attached to an aromatic ring is 1. The summed E-state index contributed by atoms with van der Waals surface area (Å²) in [5, 5.41) is 9.30. The molecule has 1 aromatic rings. The van der Waals surface area contributed by atoms with E-state index in [-0.39, 0.29) is 12.3 Å². The molecule has 1 saturated heterocycles. The summed E-state index contributed by atoms with van der Waals surface area (Å²) in [6.07, 6.45) is 2.65. The maximum Gasteiger partial charge on any atom is 0.229 e. The molecule has 1 unspecified atom stereocenters. The molecule has 74 valence electrons. The van der Waals surface area contributed by atoms with E-state index in [9.17, 15) is 9.90 Å². The molecule has 2 rings (SSSR count). The number of nitrogens with zero attached hydrogens (tertiary/aromatic N) is 2. The van der Waals surface area contributed by atoms with E-state index in [4.69, 9.17) is 5.73 Å². The Hall–Kier alpha value is -1.62. The molecule has 0 radical (unpaired) electrons. The normalized spacial score (nSPS) is 21.6. The van der Waals surface area contributed by atoms with Crippen LogP contribution in [0.25, 0.3) is 0 Å². The summed E-state index contributed by atoms with van der Waals surface area (Å²) in [7, 11) is 0. The maximum atomic E-state index is 11.4. The molecule has 14 heavy (non-hydrogen) atoms. The molecule has 0 saturated carbocycles. The molecule has 1 atom stereocenters. The van der Waals surface area contributed by atoms with Crippen molar-refractivity contribution < 1.29 is 9.90 Å². The predicted molar refractivity (Wildman–Crippen MR) is 51.6 cm³/mol. The third-order valence-electron chi connectivity index (χ3n) is 2.22. The van der Waals surface area contributed by atoms with E-state index in [1.807, 2.05) is 0 Å². The topological polar surface area (TPSA) is 79.4 Å². The van der Waals surface area contributed by atoms with Crippen LogP contribution in [0.2, 0.25) is 0 Å². The fraction of sp³-hybridized carbons (Fsp3) is 0.333. The van der Waals surface area contributed by atoms with Gasteiger partial charge in [0.15, 0.2) is 0 Å². The summed E-state index contributed by atoms with van der Waals surface area (Å²) in [5.41, 5.74) is 6.75. The quantitative estimate of drug-likeness (QED) is 0.645. The van der Waals surface area contributed by atoms with E-state index in [2.05, 4.69) is 4.98 Å². The second kappa shape index (κ2) is 3.26. The highest BCUT2D eigenvalue weighted by molar-refractivity contribution is 5.98. The summed E-state index contributed by atoms with van der Waals surface area (Å²) in [4.78, 5) is 16.8. The van der Waals surface area contributed by atoms with Crippen molar-refractivity contribution in [1.82, 2.24) is 4.98 Å². The minimum atomic E-state index is -0.588. The zero-order valence-corrected chi connectivity index (χ0v) is 7.55. The summed E-state index contributed by atoms with van der Waals surface area (Å²) >= 11 is 0. The first-order chi connectivity index (χ1) is 6.68. The van der Waals surface area contributed by atoms with Crippen LogP contribution >= 0.6 is 0 Å². The number of β-amino-alcohol motifs (C(OH)–C–C–N with tert-alkyl or cyclic N) is 1. The number of carbonyl (C=O) groups excluding carboxylic acids is 1. The Bertz CT molecular complexity index is 367. The van der Waals surface area contributed by atoms with Crippen LogP contribution in [0.1, 0.15) is 6.42 Å². The van der Waals surface area contributed by atoms with Gasteiger partial charge in [0, 0.05) is 6.20 Å². The number of aromatic nitrogens is 1. The van der Waals surface area contributed by atoms with Gasteiger partial charge < -0.3 is 15.7 Å². The van der Waals surface area contributed by atoms with Crippen LogP contribution in [0.15, 0.2) is 18.5 Å². The Morgan fingerprint density at radius 1 is 1.64 bits per heavy atom. The van der Waals surface area contributed by atoms with Crippen molar-refractivity contribution in [3.63, 3.8) is 0 Å². The summed E-state index contributed by atoms with van der Waals surface area (Å²) in [6, 6.07) is 1.67. The smallest absolute Gasteiger partial charge is 0.229 e. The number of hydrogen-bond acceptors (Lipinski definition) is 4. The molecule has 2 heterocycles. The van der Waals surface area contributed by atoms with Crippen LogP contribution in [0.4, 0.5) is 11.4 Å². The Labute approximate surface area is 81.2 Å². The highest BCUT2D eigenvalue weighted by Gasteiger charge is 2.29. The molecule has 1 aliphatic heterocycles. The Morgan fingerprint density at radius 3 is 3.00 bits per heavy atom. The zero-order valence-electron chi connectivity index (χ0n) is 7.55. The van der Waals surface area contributed by atoms with Crippen molar-refractivity contribution in [3.8, 4) is 0 Å². The number of rotatable bonds is 1. The third-order valence-corrected chi connectivity index (χ3v) is 2.22. The van der Waals surface area contributed by atoms with Crippen LogP contribution in [0, 0.1) is 0 Å². The Morgan fingerprint density at radius 2 is 2.43 bits per heavy atom. The van der Waals surface area contributed by atoms with Gasteiger partial charge in [-0.15, -0.1) is 0 Å². The minimum Gasteiger partial charge on any atom is -0.396 e. The average Bonchev–Trinajstić information content (AvgIpc) is 2.46. The van der Waals surface area contributed by atoms with Crippen molar-refractivity contribution >= 4 is 17.3 Å². The fourth-order valence-corrected chi connectivity index (χ4v) is 1.57. The van der Waals surface area contributed by atoms with E-state index < -0.39 is 6.10 Å². The van der Waals surface area contributed by atoms with Crippen LogP contribution < -0.4 is 10.6 Å². The molecule has 1 aromatic heterocycles. The lowest BCUT2D eigenvalue weighted by atomic mass is 10.3. The monoisotopic (exact) mass is 193 g/mol. The lowest BCUT2D eigenvalue weighted by Crippen LogP contribution is -2.26. The second-order valence-corrected chi connectivity index (χ2v) is 3.30. The number of nitrogens with two attached hydrogens (primary N) is 1. The van der Waals surface area contributed by atoms with Crippen molar-refractivity contribution in [2.24, 2.45) is 0 Å². The molecule has 0 aliphatic carbocycles. The van der Waals surface area contributed by atoms with Gasteiger partial charge in [0.25, 0.3) is 0 Å². The predicted octanol–water partition coefficient (Wildman–Crippen LogP) is -0.239. The van der Waals surface area contributed by atoms with Gasteiger partial charge >= 0.3 is 0 Å². The largest absolute Gasteiger partial charge is 0.396 e. The van der Waals surface area contributed by atoms with Crippen LogP contribution in [0.5, 0.6) is 0 Å². The van der Waals surface area contributed by atoms with Crippen molar-refractivity contribution in [2.45, 2.75) is 12.5 Å². The maximum absolute atomic E-state index is 11.4. The number of anilines is 2. The van der Waals surface area contributed by atoms with E-state index in [1.165, 1.54) is 11.1 Å². The second-order valence-electron chi connectivity index (χ2n) is 3.30. The fourth-order valence-electron chi connectivity index (χ4n) is 1.57. The van der Waals surface area contributed by atoms with Crippen molar-refractivity contribution in [1.29, 1.82) is 0 Å². The van der Waals surface area contributed by atoms with E-state index in [0.717, 1.165) is 0 Å². The molecule has 5 nitrogen and oxygen atoms in total. The number of carbonyl (C=O) groups is 1. The molecule has 0 bridgehead atoms. The summed E-state index contributed by atoms with van der Waals surface area (Å²) in [6.45, 7) is 0.313. The summed E-state index contributed by atoms with van der Waals surface area (Å²) < 4.78 is 0. The highest BCUT2D eigenvalue weighted by Crippen LogP contribution is 2.26. The first kappa shape index (κ1) is 8.96. The number of aliphatic hydroxyl groups is 1. The van der Waals surface area contributed by atoms with Gasteiger partial charge in [-0.3, -0.25) is 9.78 Å². The van der Waals surface area contributed by atoms with Gasteiger partial charge in [0.05, 0.1) is 36.6 Å². The van der Waals surface area contributed by atoms with Crippen LogP contribution in [-0.4, -0.2) is 28.6 Å². The molecular weight excluding hydrogens is 182 g/mol. The average molecular weight is 193 g/mol.